The molecule has 0 unspecified atom stereocenters. The lowest BCUT2D eigenvalue weighted by Gasteiger charge is -2.21. The molecule has 0 aliphatic carbocycles. The predicted octanol–water partition coefficient (Wildman–Crippen LogP) is 0.774. The fraction of sp³-hybridized carbons (Fsp3) is 0.294. The molecule has 0 spiro atoms. The number of benzene rings is 1. The summed E-state index contributed by atoms with van der Waals surface area (Å²) in [6.45, 7) is 0.637. The van der Waals surface area contributed by atoms with E-state index in [9.17, 15) is 9.59 Å². The predicted molar refractivity (Wildman–Crippen MR) is 93.7 cm³/mol. The van der Waals surface area contributed by atoms with Crippen LogP contribution in [0.2, 0.25) is 0 Å². The third-order valence-electron chi connectivity index (χ3n) is 3.36. The van der Waals surface area contributed by atoms with Gasteiger partial charge in [0.05, 0.1) is 20.6 Å². The van der Waals surface area contributed by atoms with E-state index in [0.29, 0.717) is 4.67 Å². The quantitative estimate of drug-likeness (QED) is 0.649. The molecular formula is C17H21BrN3O3+. The Kier molecular flexibility index (Phi) is 6.57. The fourth-order valence-electron chi connectivity index (χ4n) is 2.28. The van der Waals surface area contributed by atoms with Gasteiger partial charge in [0.2, 0.25) is 5.91 Å². The Morgan fingerprint density at radius 3 is 2.46 bits per heavy atom. The SMILES string of the molecule is C[NH+](C)C[C@H](NC(=O)CNC(=O)c1ccc(Br)o1)c1ccccc1. The van der Waals surface area contributed by atoms with E-state index in [1.54, 1.807) is 12.1 Å². The second-order valence-electron chi connectivity index (χ2n) is 5.73. The minimum Gasteiger partial charge on any atom is -0.444 e. The fourth-order valence-corrected chi connectivity index (χ4v) is 2.58. The Morgan fingerprint density at radius 2 is 1.88 bits per heavy atom. The molecule has 0 aliphatic rings. The van der Waals surface area contributed by atoms with Gasteiger partial charge in [-0.15, -0.1) is 0 Å². The highest BCUT2D eigenvalue weighted by Crippen LogP contribution is 2.13. The molecule has 0 aliphatic heterocycles. The van der Waals surface area contributed by atoms with E-state index >= 15 is 0 Å². The van der Waals surface area contributed by atoms with E-state index in [1.807, 2.05) is 44.4 Å². The van der Waals surface area contributed by atoms with Crippen molar-refractivity contribution in [3.63, 3.8) is 0 Å². The van der Waals surface area contributed by atoms with Gasteiger partial charge in [0.25, 0.3) is 5.91 Å². The van der Waals surface area contributed by atoms with Crippen LogP contribution in [0, 0.1) is 0 Å². The Balaban J connectivity index is 1.91. The van der Waals surface area contributed by atoms with Gasteiger partial charge in [-0.25, -0.2) is 0 Å². The van der Waals surface area contributed by atoms with Crippen LogP contribution in [0.15, 0.2) is 51.6 Å². The number of carbonyl (C=O) groups is 2. The van der Waals surface area contributed by atoms with E-state index in [4.69, 9.17) is 4.42 Å². The van der Waals surface area contributed by atoms with Crippen LogP contribution in [0.1, 0.15) is 22.2 Å². The number of nitrogens with one attached hydrogen (secondary N) is 3. The van der Waals surface area contributed by atoms with Crippen molar-refractivity contribution < 1.29 is 18.9 Å². The van der Waals surface area contributed by atoms with Crippen molar-refractivity contribution in [2.45, 2.75) is 6.04 Å². The van der Waals surface area contributed by atoms with Crippen LogP contribution in [-0.2, 0) is 4.79 Å². The highest BCUT2D eigenvalue weighted by molar-refractivity contribution is 9.10. The maximum Gasteiger partial charge on any atom is 0.287 e. The third-order valence-corrected chi connectivity index (χ3v) is 3.78. The van der Waals surface area contributed by atoms with Crippen LogP contribution >= 0.6 is 15.9 Å². The average molecular weight is 395 g/mol. The Labute approximate surface area is 149 Å². The molecule has 128 valence electrons. The number of likely N-dealkylation sites (N-methyl/N-ethyl adjacent to an activating group) is 1. The molecule has 1 aromatic heterocycles. The first-order chi connectivity index (χ1) is 11.5. The highest BCUT2D eigenvalue weighted by atomic mass is 79.9. The summed E-state index contributed by atoms with van der Waals surface area (Å²) in [5.41, 5.74) is 1.04. The van der Waals surface area contributed by atoms with Gasteiger partial charge >= 0.3 is 0 Å². The van der Waals surface area contributed by atoms with E-state index < -0.39 is 5.91 Å². The minimum absolute atomic E-state index is 0.108. The van der Waals surface area contributed by atoms with Crippen LogP contribution in [0.3, 0.4) is 0 Å². The van der Waals surface area contributed by atoms with Crippen molar-refractivity contribution in [2.75, 3.05) is 27.2 Å². The molecule has 0 radical (unpaired) electrons. The number of carbonyl (C=O) groups excluding carboxylic acids is 2. The molecular weight excluding hydrogens is 374 g/mol. The lowest BCUT2D eigenvalue weighted by molar-refractivity contribution is -0.860. The maximum absolute atomic E-state index is 12.2. The zero-order chi connectivity index (χ0) is 17.5. The van der Waals surface area contributed by atoms with Gasteiger partial charge < -0.3 is 20.0 Å². The number of furan rings is 1. The summed E-state index contributed by atoms with van der Waals surface area (Å²) in [5, 5.41) is 5.51. The molecule has 1 aromatic carbocycles. The summed E-state index contributed by atoms with van der Waals surface area (Å²) in [4.78, 5) is 25.3. The molecule has 2 amide bonds. The van der Waals surface area contributed by atoms with Crippen LogP contribution in [0.4, 0.5) is 0 Å². The first-order valence-electron chi connectivity index (χ1n) is 7.62. The number of halogens is 1. The summed E-state index contributed by atoms with van der Waals surface area (Å²) in [6, 6.07) is 12.8. The molecule has 0 saturated heterocycles. The van der Waals surface area contributed by atoms with Crippen molar-refractivity contribution in [1.82, 2.24) is 10.6 Å². The number of hydrogen-bond acceptors (Lipinski definition) is 3. The molecule has 6 nitrogen and oxygen atoms in total. The molecule has 3 N–H and O–H groups in total. The van der Waals surface area contributed by atoms with Gasteiger partial charge in [0, 0.05) is 0 Å². The van der Waals surface area contributed by atoms with Gasteiger partial charge in [-0.2, -0.15) is 0 Å². The normalized spacial score (nSPS) is 12.0. The largest absolute Gasteiger partial charge is 0.444 e. The van der Waals surface area contributed by atoms with Crippen molar-refractivity contribution in [3.05, 3.63) is 58.5 Å². The third kappa shape index (κ3) is 5.50. The molecule has 0 saturated carbocycles. The lowest BCUT2D eigenvalue weighted by atomic mass is 10.1. The Bertz CT molecular complexity index is 685. The minimum atomic E-state index is -0.426. The van der Waals surface area contributed by atoms with E-state index in [1.165, 1.54) is 4.90 Å². The highest BCUT2D eigenvalue weighted by Gasteiger charge is 2.18. The van der Waals surface area contributed by atoms with Crippen LogP contribution < -0.4 is 15.5 Å². The monoisotopic (exact) mass is 394 g/mol. The van der Waals surface area contributed by atoms with Gasteiger partial charge in [-0.1, -0.05) is 30.3 Å². The smallest absolute Gasteiger partial charge is 0.287 e. The topological polar surface area (TPSA) is 75.8 Å². The molecule has 24 heavy (non-hydrogen) atoms. The second-order valence-corrected chi connectivity index (χ2v) is 6.51. The summed E-state index contributed by atoms with van der Waals surface area (Å²) in [6.07, 6.45) is 0. The molecule has 1 atom stereocenters. The number of hydrogen-bond donors (Lipinski definition) is 3. The van der Waals surface area contributed by atoms with Crippen LogP contribution in [0.25, 0.3) is 0 Å². The summed E-state index contributed by atoms with van der Waals surface area (Å²) in [7, 11) is 4.05. The van der Waals surface area contributed by atoms with Crippen molar-refractivity contribution in [1.29, 1.82) is 0 Å². The maximum atomic E-state index is 12.2. The van der Waals surface area contributed by atoms with Crippen LogP contribution in [0.5, 0.6) is 0 Å². The summed E-state index contributed by atoms with van der Waals surface area (Å²) in [5.74, 6) is -0.513. The van der Waals surface area contributed by atoms with Gasteiger partial charge in [-0.05, 0) is 33.6 Å². The zero-order valence-electron chi connectivity index (χ0n) is 13.6. The number of amides is 2. The molecule has 2 aromatic rings. The van der Waals surface area contributed by atoms with Crippen molar-refractivity contribution in [3.8, 4) is 0 Å². The molecule has 0 fully saturated rings. The van der Waals surface area contributed by atoms with Gasteiger partial charge in [0.15, 0.2) is 10.4 Å². The molecule has 2 rings (SSSR count). The lowest BCUT2D eigenvalue weighted by Crippen LogP contribution is -3.06. The van der Waals surface area contributed by atoms with E-state index in [2.05, 4.69) is 26.6 Å². The molecule has 1 heterocycles. The number of quaternary nitrogens is 1. The van der Waals surface area contributed by atoms with E-state index in [0.717, 1.165) is 12.1 Å². The van der Waals surface area contributed by atoms with Crippen molar-refractivity contribution in [2.24, 2.45) is 0 Å². The van der Waals surface area contributed by atoms with E-state index in [-0.39, 0.29) is 24.3 Å². The zero-order valence-corrected chi connectivity index (χ0v) is 15.2. The number of rotatable bonds is 7. The Hall–Kier alpha value is -2.12. The van der Waals surface area contributed by atoms with Gasteiger partial charge in [-0.3, -0.25) is 9.59 Å². The van der Waals surface area contributed by atoms with Crippen molar-refractivity contribution >= 4 is 27.7 Å². The van der Waals surface area contributed by atoms with Crippen LogP contribution in [-0.4, -0.2) is 39.0 Å². The second kappa shape index (κ2) is 8.65. The molecule has 0 bridgehead atoms. The first-order valence-corrected chi connectivity index (χ1v) is 8.42. The standard InChI is InChI=1S/C17H20BrN3O3/c1-21(2)11-13(12-6-4-3-5-7-12)20-16(22)10-19-17(23)14-8-9-15(18)24-14/h3-9,13H,10-11H2,1-2H3,(H,19,23)(H,20,22)/p+1/t13-/m0/s1. The first kappa shape index (κ1) is 18.2. The average Bonchev–Trinajstić information content (AvgIpc) is 2.99. The molecule has 7 heteroatoms. The Morgan fingerprint density at radius 1 is 1.17 bits per heavy atom. The summed E-state index contributed by atoms with van der Waals surface area (Å²) < 4.78 is 5.62. The van der Waals surface area contributed by atoms with Gasteiger partial charge in [0.1, 0.15) is 12.6 Å². The summed E-state index contributed by atoms with van der Waals surface area (Å²) >= 11 is 3.13.